The van der Waals surface area contributed by atoms with Gasteiger partial charge in [-0.25, -0.2) is 0 Å². The van der Waals surface area contributed by atoms with Crippen molar-refractivity contribution in [2.45, 2.75) is 27.2 Å². The molecule has 0 atom stereocenters. The van der Waals surface area contributed by atoms with Crippen molar-refractivity contribution in [1.82, 2.24) is 0 Å². The van der Waals surface area contributed by atoms with Crippen LogP contribution in [0.2, 0.25) is 0 Å². The van der Waals surface area contributed by atoms with Gasteiger partial charge in [0.05, 0.1) is 4.92 Å². The summed E-state index contributed by atoms with van der Waals surface area (Å²) in [6.07, 6.45) is 0.603. The fourth-order valence-corrected chi connectivity index (χ4v) is 2.37. The Hall–Kier alpha value is -2.69. The molecule has 114 valence electrons. The van der Waals surface area contributed by atoms with Crippen molar-refractivity contribution < 1.29 is 9.72 Å². The molecule has 0 saturated heterocycles. The van der Waals surface area contributed by atoms with Gasteiger partial charge in [-0.2, -0.15) is 0 Å². The van der Waals surface area contributed by atoms with Crippen LogP contribution >= 0.6 is 0 Å². The van der Waals surface area contributed by atoms with E-state index >= 15 is 0 Å². The van der Waals surface area contributed by atoms with Gasteiger partial charge in [0.1, 0.15) is 0 Å². The van der Waals surface area contributed by atoms with Gasteiger partial charge in [0, 0.05) is 23.4 Å². The number of nitrogens with one attached hydrogen (secondary N) is 1. The fourth-order valence-electron chi connectivity index (χ4n) is 2.37. The van der Waals surface area contributed by atoms with E-state index < -0.39 is 4.92 Å². The first-order valence-corrected chi connectivity index (χ1v) is 7.08. The minimum Gasteiger partial charge on any atom is -0.321 e. The number of carbonyl (C=O) groups is 1. The number of amides is 1. The quantitative estimate of drug-likeness (QED) is 0.684. The zero-order chi connectivity index (χ0) is 16.3. The molecule has 2 aromatic carbocycles. The second-order valence-corrected chi connectivity index (χ2v) is 5.23. The number of nitrogens with zero attached hydrogens (tertiary/aromatic N) is 1. The molecule has 5 nitrogen and oxygen atoms in total. The lowest BCUT2D eigenvalue weighted by Gasteiger charge is -2.13. The minimum absolute atomic E-state index is 0.0444. The van der Waals surface area contributed by atoms with Crippen molar-refractivity contribution in [3.8, 4) is 0 Å². The highest BCUT2D eigenvalue weighted by molar-refractivity contribution is 6.05. The van der Waals surface area contributed by atoms with E-state index in [0.717, 1.165) is 11.1 Å². The number of nitro benzene ring substituents is 1. The van der Waals surface area contributed by atoms with Crippen LogP contribution in [0.5, 0.6) is 0 Å². The van der Waals surface area contributed by atoms with Gasteiger partial charge in [-0.15, -0.1) is 0 Å². The summed E-state index contributed by atoms with van der Waals surface area (Å²) in [6.45, 7) is 5.59. The smallest absolute Gasteiger partial charge is 0.270 e. The Balaban J connectivity index is 2.37. The Morgan fingerprint density at radius 2 is 1.95 bits per heavy atom. The molecule has 0 fully saturated rings. The Bertz CT molecular complexity index is 739. The monoisotopic (exact) mass is 298 g/mol. The average molecular weight is 298 g/mol. The van der Waals surface area contributed by atoms with Crippen LogP contribution in [0.1, 0.15) is 34.0 Å². The van der Waals surface area contributed by atoms with Crippen molar-refractivity contribution in [1.29, 1.82) is 0 Å². The molecular weight excluding hydrogens is 280 g/mol. The minimum atomic E-state index is -0.418. The second-order valence-electron chi connectivity index (χ2n) is 5.23. The Kier molecular flexibility index (Phi) is 4.56. The molecule has 2 aromatic rings. The van der Waals surface area contributed by atoms with Crippen LogP contribution in [-0.4, -0.2) is 10.8 Å². The number of non-ortho nitro benzene ring substituents is 1. The summed E-state index contributed by atoms with van der Waals surface area (Å²) in [6, 6.07) is 10.3. The Morgan fingerprint density at radius 1 is 1.23 bits per heavy atom. The summed E-state index contributed by atoms with van der Waals surface area (Å²) in [5.41, 5.74) is 3.71. The van der Waals surface area contributed by atoms with E-state index in [2.05, 4.69) is 5.32 Å². The second kappa shape index (κ2) is 6.39. The molecule has 1 amide bonds. The molecule has 0 bridgehead atoms. The van der Waals surface area contributed by atoms with E-state index in [-0.39, 0.29) is 11.6 Å². The van der Waals surface area contributed by atoms with E-state index in [4.69, 9.17) is 0 Å². The summed E-state index contributed by atoms with van der Waals surface area (Å²) >= 11 is 0. The largest absolute Gasteiger partial charge is 0.321 e. The number of aryl methyl sites for hydroxylation is 3. The average Bonchev–Trinajstić information content (AvgIpc) is 2.48. The van der Waals surface area contributed by atoms with Crippen LogP contribution in [0.4, 0.5) is 11.4 Å². The molecule has 5 heteroatoms. The van der Waals surface area contributed by atoms with Crippen LogP contribution in [0, 0.1) is 24.0 Å². The van der Waals surface area contributed by atoms with Crippen molar-refractivity contribution >= 4 is 17.3 Å². The highest BCUT2D eigenvalue weighted by atomic mass is 16.6. The predicted molar refractivity (Wildman–Crippen MR) is 86.3 cm³/mol. The molecule has 0 unspecified atom stereocenters. The molecule has 0 saturated carbocycles. The molecule has 0 aliphatic rings. The maximum atomic E-state index is 12.4. The third-order valence-corrected chi connectivity index (χ3v) is 3.51. The zero-order valence-corrected chi connectivity index (χ0v) is 12.8. The number of nitro groups is 1. The predicted octanol–water partition coefficient (Wildman–Crippen LogP) is 4.03. The highest BCUT2D eigenvalue weighted by Crippen LogP contribution is 2.27. The summed E-state index contributed by atoms with van der Waals surface area (Å²) in [4.78, 5) is 22.9. The maximum absolute atomic E-state index is 12.4. The molecule has 2 rings (SSSR count). The number of anilines is 1. The van der Waals surface area contributed by atoms with Gasteiger partial charge < -0.3 is 5.32 Å². The van der Waals surface area contributed by atoms with Crippen LogP contribution in [0.3, 0.4) is 0 Å². The SMILES string of the molecule is CCc1cc([N+](=O)[O-])cc(C)c1NC(=O)c1cccc(C)c1. The summed E-state index contributed by atoms with van der Waals surface area (Å²) in [5.74, 6) is -0.213. The number of benzene rings is 2. The van der Waals surface area contributed by atoms with Crippen molar-refractivity contribution in [2.75, 3.05) is 5.32 Å². The summed E-state index contributed by atoms with van der Waals surface area (Å²) in [5, 5.41) is 13.8. The zero-order valence-electron chi connectivity index (χ0n) is 12.8. The first-order chi connectivity index (χ1) is 10.4. The standard InChI is InChI=1S/C17H18N2O3/c1-4-13-10-15(19(21)22)9-12(3)16(13)18-17(20)14-7-5-6-11(2)8-14/h5-10H,4H2,1-3H3,(H,18,20). The van der Waals surface area contributed by atoms with Crippen molar-refractivity contribution in [3.05, 3.63) is 68.8 Å². The Morgan fingerprint density at radius 3 is 2.55 bits per heavy atom. The summed E-state index contributed by atoms with van der Waals surface area (Å²) < 4.78 is 0. The number of hydrogen-bond donors (Lipinski definition) is 1. The third-order valence-electron chi connectivity index (χ3n) is 3.51. The van der Waals surface area contributed by atoms with E-state index in [1.807, 2.05) is 32.0 Å². The first kappa shape index (κ1) is 15.7. The van der Waals surface area contributed by atoms with Crippen LogP contribution in [-0.2, 0) is 6.42 Å². The molecule has 1 N–H and O–H groups in total. The molecule has 0 aliphatic carbocycles. The Labute approximate surface area is 129 Å². The normalized spacial score (nSPS) is 10.3. The van der Waals surface area contributed by atoms with Crippen molar-refractivity contribution in [3.63, 3.8) is 0 Å². The first-order valence-electron chi connectivity index (χ1n) is 7.08. The van der Waals surface area contributed by atoms with E-state index in [0.29, 0.717) is 23.2 Å². The molecule has 0 spiro atoms. The topological polar surface area (TPSA) is 72.2 Å². The van der Waals surface area contributed by atoms with Crippen LogP contribution in [0.15, 0.2) is 36.4 Å². The molecule has 0 aliphatic heterocycles. The van der Waals surface area contributed by atoms with Gasteiger partial charge in [-0.1, -0.05) is 24.6 Å². The fraction of sp³-hybridized carbons (Fsp3) is 0.235. The van der Waals surface area contributed by atoms with Gasteiger partial charge in [0.25, 0.3) is 11.6 Å². The highest BCUT2D eigenvalue weighted by Gasteiger charge is 2.16. The maximum Gasteiger partial charge on any atom is 0.270 e. The van der Waals surface area contributed by atoms with Gasteiger partial charge >= 0.3 is 0 Å². The number of rotatable bonds is 4. The van der Waals surface area contributed by atoms with Crippen molar-refractivity contribution in [2.24, 2.45) is 0 Å². The molecule has 22 heavy (non-hydrogen) atoms. The van der Waals surface area contributed by atoms with E-state index in [9.17, 15) is 14.9 Å². The lowest BCUT2D eigenvalue weighted by Crippen LogP contribution is -2.14. The van der Waals surface area contributed by atoms with Gasteiger partial charge in [-0.3, -0.25) is 14.9 Å². The molecule has 0 radical (unpaired) electrons. The van der Waals surface area contributed by atoms with E-state index in [1.165, 1.54) is 12.1 Å². The molecule has 0 heterocycles. The lowest BCUT2D eigenvalue weighted by atomic mass is 10.0. The molecule has 0 aromatic heterocycles. The number of carbonyl (C=O) groups excluding carboxylic acids is 1. The van der Waals surface area contributed by atoms with Crippen LogP contribution in [0.25, 0.3) is 0 Å². The lowest BCUT2D eigenvalue weighted by molar-refractivity contribution is -0.384. The third kappa shape index (κ3) is 3.31. The number of hydrogen-bond acceptors (Lipinski definition) is 3. The van der Waals surface area contributed by atoms with Crippen LogP contribution < -0.4 is 5.32 Å². The van der Waals surface area contributed by atoms with Gasteiger partial charge in [-0.05, 0) is 43.5 Å². The molecular formula is C17H18N2O3. The summed E-state index contributed by atoms with van der Waals surface area (Å²) in [7, 11) is 0. The van der Waals surface area contributed by atoms with E-state index in [1.54, 1.807) is 13.0 Å². The van der Waals surface area contributed by atoms with Gasteiger partial charge in [0.2, 0.25) is 0 Å². The van der Waals surface area contributed by atoms with Gasteiger partial charge in [0.15, 0.2) is 0 Å².